The molecule has 0 aromatic carbocycles. The molecule has 1 heterocycles. The summed E-state index contributed by atoms with van der Waals surface area (Å²) in [5, 5.41) is 13.3. The van der Waals surface area contributed by atoms with Crippen LogP contribution in [0.25, 0.3) is 0 Å². The zero-order valence-corrected chi connectivity index (χ0v) is 14.0. The van der Waals surface area contributed by atoms with Crippen LogP contribution < -0.4 is 0 Å². The number of aliphatic hydroxyl groups is 1. The van der Waals surface area contributed by atoms with Crippen LogP contribution in [0.1, 0.15) is 58.3 Å². The number of ether oxygens (including phenoxy) is 1. The zero-order valence-electron chi connectivity index (χ0n) is 13.1. The summed E-state index contributed by atoms with van der Waals surface area (Å²) in [6.45, 7) is 12.1. The van der Waals surface area contributed by atoms with Crippen molar-refractivity contribution in [3.8, 4) is 0 Å². The van der Waals surface area contributed by atoms with Gasteiger partial charge in [-0.05, 0) is 12.8 Å². The van der Waals surface area contributed by atoms with Crippen LogP contribution in [0.3, 0.4) is 0 Å². The average Bonchev–Trinajstić information content (AvgIpc) is 2.77. The Bertz CT molecular complexity index is 448. The van der Waals surface area contributed by atoms with E-state index in [1.54, 1.807) is 6.92 Å². The van der Waals surface area contributed by atoms with Crippen LogP contribution >= 0.6 is 11.3 Å². The second-order valence-electron chi connectivity index (χ2n) is 6.29. The summed E-state index contributed by atoms with van der Waals surface area (Å²) >= 11 is 1.52. The number of aliphatic hydroxyl groups excluding tert-OH is 1. The van der Waals surface area contributed by atoms with Crippen LogP contribution in [0.2, 0.25) is 0 Å². The van der Waals surface area contributed by atoms with Crippen molar-refractivity contribution in [1.29, 1.82) is 0 Å². The number of hydrogen-bond donors (Lipinski definition) is 1. The number of nitrogens with zero attached hydrogens (tertiary/aromatic N) is 1. The Morgan fingerprint density at radius 3 is 2.45 bits per heavy atom. The third-order valence-electron chi connectivity index (χ3n) is 3.08. The first kappa shape index (κ1) is 17.1. The third kappa shape index (κ3) is 4.03. The van der Waals surface area contributed by atoms with E-state index in [9.17, 15) is 9.90 Å². The molecule has 0 fully saturated rings. The number of carbonyl (C=O) groups excluding carboxylic acids is 1. The summed E-state index contributed by atoms with van der Waals surface area (Å²) in [6.07, 6.45) is -0.915. The van der Waals surface area contributed by atoms with Gasteiger partial charge in [-0.25, -0.2) is 4.98 Å². The van der Waals surface area contributed by atoms with E-state index in [1.165, 1.54) is 11.3 Å². The molecule has 0 amide bonds. The number of rotatable bonds is 5. The highest BCUT2D eigenvalue weighted by molar-refractivity contribution is 7.09. The van der Waals surface area contributed by atoms with E-state index in [0.29, 0.717) is 12.3 Å². The third-order valence-corrected chi connectivity index (χ3v) is 4.37. The van der Waals surface area contributed by atoms with Gasteiger partial charge in [-0.1, -0.05) is 34.6 Å². The lowest BCUT2D eigenvalue weighted by Crippen LogP contribution is -2.29. The Morgan fingerprint density at radius 1 is 1.45 bits per heavy atom. The van der Waals surface area contributed by atoms with Crippen LogP contribution in [0.4, 0.5) is 0 Å². The fourth-order valence-electron chi connectivity index (χ4n) is 1.95. The number of esters is 1. The number of carbonyl (C=O) groups is 1. The smallest absolute Gasteiger partial charge is 0.312 e. The summed E-state index contributed by atoms with van der Waals surface area (Å²) in [7, 11) is 0. The Morgan fingerprint density at radius 2 is 2.05 bits per heavy atom. The largest absolute Gasteiger partial charge is 0.466 e. The molecule has 114 valence electrons. The lowest BCUT2D eigenvalue weighted by Gasteiger charge is -2.23. The molecule has 0 aliphatic heterocycles. The average molecular weight is 299 g/mol. The molecule has 0 aliphatic rings. The summed E-state index contributed by atoms with van der Waals surface area (Å²) in [5.41, 5.74) is 0.506. The molecule has 0 radical (unpaired) electrons. The number of hydrogen-bond acceptors (Lipinski definition) is 5. The maximum Gasteiger partial charge on any atom is 0.312 e. The number of aromatic nitrogens is 1. The first-order valence-corrected chi connectivity index (χ1v) is 7.87. The second kappa shape index (κ2) is 6.68. The minimum absolute atomic E-state index is 0.0103. The molecule has 4 nitrogen and oxygen atoms in total. The van der Waals surface area contributed by atoms with E-state index in [-0.39, 0.29) is 17.3 Å². The van der Waals surface area contributed by atoms with Gasteiger partial charge in [-0.15, -0.1) is 11.3 Å². The molecule has 1 rings (SSSR count). The Hall–Kier alpha value is -0.940. The van der Waals surface area contributed by atoms with E-state index in [4.69, 9.17) is 4.74 Å². The van der Waals surface area contributed by atoms with Crippen LogP contribution in [0, 0.1) is 11.8 Å². The molecule has 2 unspecified atom stereocenters. The molecule has 0 saturated carbocycles. The van der Waals surface area contributed by atoms with Crippen molar-refractivity contribution in [1.82, 2.24) is 4.98 Å². The molecule has 0 saturated heterocycles. The Labute approximate surface area is 125 Å². The summed E-state index contributed by atoms with van der Waals surface area (Å²) in [6, 6.07) is 0. The summed E-state index contributed by atoms with van der Waals surface area (Å²) in [5.74, 6) is -0.950. The van der Waals surface area contributed by atoms with Crippen LogP contribution in [-0.4, -0.2) is 22.7 Å². The molecule has 2 atom stereocenters. The summed E-state index contributed by atoms with van der Waals surface area (Å²) < 4.78 is 5.06. The lowest BCUT2D eigenvalue weighted by molar-refractivity contribution is -0.154. The van der Waals surface area contributed by atoms with Gasteiger partial charge in [0.15, 0.2) is 0 Å². The molecule has 0 bridgehead atoms. The number of thiazole rings is 1. The highest BCUT2D eigenvalue weighted by Crippen LogP contribution is 2.33. The van der Waals surface area contributed by atoms with Gasteiger partial charge in [-0.2, -0.15) is 0 Å². The van der Waals surface area contributed by atoms with Crippen molar-refractivity contribution in [2.75, 3.05) is 6.61 Å². The van der Waals surface area contributed by atoms with Gasteiger partial charge in [0, 0.05) is 10.8 Å². The molecule has 20 heavy (non-hydrogen) atoms. The SMILES string of the molecule is CCOC(=O)C(C(C)C)C(O)c1csc(C(C)(C)C)n1. The van der Waals surface area contributed by atoms with Gasteiger partial charge in [0.05, 0.1) is 23.2 Å². The molecule has 0 aliphatic carbocycles. The second-order valence-corrected chi connectivity index (χ2v) is 7.15. The fourth-order valence-corrected chi connectivity index (χ4v) is 2.89. The van der Waals surface area contributed by atoms with Crippen molar-refractivity contribution in [2.24, 2.45) is 11.8 Å². The predicted octanol–water partition coefficient (Wildman–Crippen LogP) is 3.31. The van der Waals surface area contributed by atoms with E-state index in [2.05, 4.69) is 25.8 Å². The molecule has 1 aromatic heterocycles. The van der Waals surface area contributed by atoms with Crippen LogP contribution in [-0.2, 0) is 14.9 Å². The van der Waals surface area contributed by atoms with Gasteiger partial charge in [0.2, 0.25) is 0 Å². The summed E-state index contributed by atoms with van der Waals surface area (Å²) in [4.78, 5) is 16.5. The first-order chi connectivity index (χ1) is 9.18. The quantitative estimate of drug-likeness (QED) is 0.847. The van der Waals surface area contributed by atoms with Crippen LogP contribution in [0.15, 0.2) is 5.38 Å². The van der Waals surface area contributed by atoms with E-state index < -0.39 is 12.0 Å². The zero-order chi connectivity index (χ0) is 15.5. The van der Waals surface area contributed by atoms with Gasteiger partial charge >= 0.3 is 5.97 Å². The monoisotopic (exact) mass is 299 g/mol. The van der Waals surface area contributed by atoms with Gasteiger partial charge in [-0.3, -0.25) is 4.79 Å². The maximum absolute atomic E-state index is 12.0. The van der Waals surface area contributed by atoms with Crippen molar-refractivity contribution < 1.29 is 14.6 Å². The standard InChI is InChI=1S/C15H25NO3S/c1-7-19-13(18)11(9(2)3)12(17)10-8-20-14(16-10)15(4,5)6/h8-9,11-12,17H,7H2,1-6H3. The molecule has 1 N–H and O–H groups in total. The molecular weight excluding hydrogens is 274 g/mol. The fraction of sp³-hybridized carbons (Fsp3) is 0.733. The lowest BCUT2D eigenvalue weighted by atomic mass is 9.89. The Kier molecular flexibility index (Phi) is 5.71. The molecule has 1 aromatic rings. The highest BCUT2D eigenvalue weighted by atomic mass is 32.1. The van der Waals surface area contributed by atoms with E-state index in [1.807, 2.05) is 19.2 Å². The van der Waals surface area contributed by atoms with E-state index in [0.717, 1.165) is 5.01 Å². The molecule has 5 heteroatoms. The minimum Gasteiger partial charge on any atom is -0.466 e. The highest BCUT2D eigenvalue weighted by Gasteiger charge is 2.34. The van der Waals surface area contributed by atoms with Crippen molar-refractivity contribution >= 4 is 17.3 Å². The van der Waals surface area contributed by atoms with Crippen molar-refractivity contribution in [3.63, 3.8) is 0 Å². The van der Waals surface area contributed by atoms with Gasteiger partial charge < -0.3 is 9.84 Å². The van der Waals surface area contributed by atoms with Crippen molar-refractivity contribution in [3.05, 3.63) is 16.1 Å². The first-order valence-electron chi connectivity index (χ1n) is 6.99. The Balaban J connectivity index is 2.98. The van der Waals surface area contributed by atoms with Gasteiger partial charge in [0.1, 0.15) is 6.10 Å². The predicted molar refractivity (Wildman–Crippen MR) is 80.7 cm³/mol. The topological polar surface area (TPSA) is 59.4 Å². The van der Waals surface area contributed by atoms with Gasteiger partial charge in [0.25, 0.3) is 0 Å². The molecular formula is C15H25NO3S. The molecule has 0 spiro atoms. The van der Waals surface area contributed by atoms with Crippen LogP contribution in [0.5, 0.6) is 0 Å². The van der Waals surface area contributed by atoms with Crippen molar-refractivity contribution in [2.45, 2.75) is 53.1 Å². The van der Waals surface area contributed by atoms with E-state index >= 15 is 0 Å². The minimum atomic E-state index is -0.915. The normalized spacial score (nSPS) is 15.2. The maximum atomic E-state index is 12.0.